The van der Waals surface area contributed by atoms with Gasteiger partial charge in [-0.1, -0.05) is 61.7 Å². The van der Waals surface area contributed by atoms with Crippen LogP contribution in [-0.2, 0) is 0 Å². The van der Waals surface area contributed by atoms with E-state index in [4.69, 9.17) is 9.72 Å². The van der Waals surface area contributed by atoms with E-state index in [0.717, 1.165) is 33.8 Å². The van der Waals surface area contributed by atoms with Gasteiger partial charge in [-0.2, -0.15) is 0 Å². The monoisotopic (exact) mass is 509 g/mol. The number of aromatic nitrogens is 3. The van der Waals surface area contributed by atoms with E-state index in [9.17, 15) is 0 Å². The Morgan fingerprint density at radius 1 is 0.692 bits per heavy atom. The van der Waals surface area contributed by atoms with E-state index in [2.05, 4.69) is 76.3 Å². The minimum Gasteiger partial charge on any atom is -0.439 e. The predicted molar refractivity (Wildman–Crippen MR) is 159 cm³/mol. The highest BCUT2D eigenvalue weighted by Gasteiger charge is 2.18. The molecule has 0 aliphatic heterocycles. The van der Waals surface area contributed by atoms with E-state index < -0.39 is 0 Å². The van der Waals surface area contributed by atoms with Crippen molar-refractivity contribution in [1.82, 2.24) is 14.5 Å². The van der Waals surface area contributed by atoms with Crippen molar-refractivity contribution < 1.29 is 4.74 Å². The molecular formula is C35H31N3O. The molecule has 1 aliphatic carbocycles. The summed E-state index contributed by atoms with van der Waals surface area (Å²) in [6.07, 6.45) is 10.3. The highest BCUT2D eigenvalue weighted by Crippen LogP contribution is 2.37. The number of pyridine rings is 2. The molecule has 6 aromatic rings. The fraction of sp³-hybridized carbons (Fsp3) is 0.200. The molecule has 7 rings (SSSR count). The van der Waals surface area contributed by atoms with Gasteiger partial charge in [0.15, 0.2) is 0 Å². The quantitative estimate of drug-likeness (QED) is 0.232. The lowest BCUT2D eigenvalue weighted by atomic mass is 9.84. The Morgan fingerprint density at radius 2 is 1.51 bits per heavy atom. The highest BCUT2D eigenvalue weighted by molar-refractivity contribution is 6.10. The van der Waals surface area contributed by atoms with Crippen LogP contribution in [0.15, 0.2) is 103 Å². The van der Waals surface area contributed by atoms with Gasteiger partial charge in [0.2, 0.25) is 5.88 Å². The summed E-state index contributed by atoms with van der Waals surface area (Å²) in [5.74, 6) is 3.00. The minimum absolute atomic E-state index is 0.603. The Kier molecular flexibility index (Phi) is 6.08. The molecule has 0 atom stereocenters. The van der Waals surface area contributed by atoms with E-state index in [0.29, 0.717) is 11.8 Å². The van der Waals surface area contributed by atoms with E-state index in [1.54, 1.807) is 6.20 Å². The number of ether oxygens (including phenoxy) is 1. The highest BCUT2D eigenvalue weighted by atomic mass is 16.5. The van der Waals surface area contributed by atoms with Gasteiger partial charge in [0.1, 0.15) is 11.6 Å². The topological polar surface area (TPSA) is 39.9 Å². The SMILES string of the molecule is Cc1ccnc(Oc2cccc(-c3ccc4c5ccccc5n(-c5cc(C6CCCCC6)ccn5)c4c3)c2)c1. The molecule has 39 heavy (non-hydrogen) atoms. The summed E-state index contributed by atoms with van der Waals surface area (Å²) in [6.45, 7) is 2.04. The van der Waals surface area contributed by atoms with Gasteiger partial charge >= 0.3 is 0 Å². The van der Waals surface area contributed by atoms with Crippen LogP contribution in [0.2, 0.25) is 0 Å². The molecule has 1 saturated carbocycles. The standard InChI is InChI=1S/C35H31N3O/c1-24-16-18-37-35(20-24)39-29-11-7-10-26(21-29)27-14-15-31-30-12-5-6-13-32(30)38(33(31)22-27)34-23-28(17-19-36-34)25-8-3-2-4-9-25/h5-7,10-23,25H,2-4,8-9H2,1H3. The average molecular weight is 510 g/mol. The Labute approximate surface area is 228 Å². The van der Waals surface area contributed by atoms with Gasteiger partial charge in [0, 0.05) is 29.2 Å². The van der Waals surface area contributed by atoms with Gasteiger partial charge < -0.3 is 4.74 Å². The van der Waals surface area contributed by atoms with Crippen molar-refractivity contribution in [2.45, 2.75) is 44.9 Å². The largest absolute Gasteiger partial charge is 0.439 e. The summed E-state index contributed by atoms with van der Waals surface area (Å²) in [5, 5.41) is 2.47. The third-order valence-corrected chi connectivity index (χ3v) is 8.03. The summed E-state index contributed by atoms with van der Waals surface area (Å²) in [6, 6.07) is 32.1. The lowest BCUT2D eigenvalue weighted by molar-refractivity contribution is 0.443. The molecule has 1 fully saturated rings. The summed E-state index contributed by atoms with van der Waals surface area (Å²) >= 11 is 0. The summed E-state index contributed by atoms with van der Waals surface area (Å²) in [5.41, 5.74) is 7.11. The van der Waals surface area contributed by atoms with Crippen molar-refractivity contribution in [3.05, 3.63) is 115 Å². The van der Waals surface area contributed by atoms with E-state index in [1.807, 2.05) is 37.4 Å². The lowest BCUT2D eigenvalue weighted by Crippen LogP contribution is -2.06. The Balaban J connectivity index is 1.33. The first kappa shape index (κ1) is 23.7. The predicted octanol–water partition coefficient (Wildman–Crippen LogP) is 9.39. The molecule has 0 unspecified atom stereocenters. The van der Waals surface area contributed by atoms with Crippen LogP contribution in [-0.4, -0.2) is 14.5 Å². The maximum absolute atomic E-state index is 6.09. The van der Waals surface area contributed by atoms with Gasteiger partial charge in [-0.15, -0.1) is 0 Å². The number of nitrogens with zero attached hydrogens (tertiary/aromatic N) is 3. The molecular weight excluding hydrogens is 478 g/mol. The van der Waals surface area contributed by atoms with Crippen LogP contribution in [0.1, 0.15) is 49.1 Å². The van der Waals surface area contributed by atoms with Gasteiger partial charge in [-0.3, -0.25) is 4.57 Å². The number of aryl methyl sites for hydroxylation is 1. The van der Waals surface area contributed by atoms with E-state index in [1.165, 1.54) is 54.0 Å². The van der Waals surface area contributed by atoms with Crippen LogP contribution in [0, 0.1) is 6.92 Å². The van der Waals surface area contributed by atoms with Gasteiger partial charge in [-0.05, 0) is 90.4 Å². The van der Waals surface area contributed by atoms with Crippen molar-refractivity contribution in [2.24, 2.45) is 0 Å². The zero-order valence-electron chi connectivity index (χ0n) is 22.2. The second-order valence-electron chi connectivity index (χ2n) is 10.7. The molecule has 3 heterocycles. The van der Waals surface area contributed by atoms with Crippen molar-refractivity contribution in [1.29, 1.82) is 0 Å². The van der Waals surface area contributed by atoms with Gasteiger partial charge in [-0.25, -0.2) is 9.97 Å². The Bertz CT molecular complexity index is 1800. The van der Waals surface area contributed by atoms with Crippen LogP contribution < -0.4 is 4.74 Å². The zero-order chi connectivity index (χ0) is 26.2. The van der Waals surface area contributed by atoms with Gasteiger partial charge in [0.05, 0.1) is 11.0 Å². The number of hydrogen-bond donors (Lipinski definition) is 0. The van der Waals surface area contributed by atoms with Gasteiger partial charge in [0.25, 0.3) is 0 Å². The third kappa shape index (κ3) is 4.57. The molecule has 0 bridgehead atoms. The second kappa shape index (κ2) is 10.0. The second-order valence-corrected chi connectivity index (χ2v) is 10.7. The molecule has 0 N–H and O–H groups in total. The van der Waals surface area contributed by atoms with E-state index >= 15 is 0 Å². The maximum atomic E-state index is 6.09. The normalized spacial score (nSPS) is 14.2. The molecule has 0 saturated heterocycles. The van der Waals surface area contributed by atoms with Crippen LogP contribution >= 0.6 is 0 Å². The molecule has 3 aromatic heterocycles. The zero-order valence-corrected chi connectivity index (χ0v) is 22.2. The molecule has 1 aliphatic rings. The van der Waals surface area contributed by atoms with Crippen LogP contribution in [0.5, 0.6) is 11.6 Å². The molecule has 192 valence electrons. The number of para-hydroxylation sites is 1. The smallest absolute Gasteiger partial charge is 0.219 e. The fourth-order valence-electron chi connectivity index (χ4n) is 6.07. The van der Waals surface area contributed by atoms with Crippen LogP contribution in [0.4, 0.5) is 0 Å². The molecule has 4 heteroatoms. The molecule has 3 aromatic carbocycles. The summed E-state index contributed by atoms with van der Waals surface area (Å²) in [4.78, 5) is 9.24. The Morgan fingerprint density at radius 3 is 2.41 bits per heavy atom. The number of rotatable bonds is 5. The first-order valence-electron chi connectivity index (χ1n) is 13.9. The van der Waals surface area contributed by atoms with Crippen molar-refractivity contribution in [3.8, 4) is 28.6 Å². The van der Waals surface area contributed by atoms with Crippen molar-refractivity contribution in [3.63, 3.8) is 0 Å². The molecule has 0 radical (unpaired) electrons. The average Bonchev–Trinajstić information content (AvgIpc) is 3.32. The van der Waals surface area contributed by atoms with E-state index in [-0.39, 0.29) is 0 Å². The summed E-state index contributed by atoms with van der Waals surface area (Å²) in [7, 11) is 0. The lowest BCUT2D eigenvalue weighted by Gasteiger charge is -2.22. The maximum Gasteiger partial charge on any atom is 0.219 e. The molecule has 4 nitrogen and oxygen atoms in total. The molecule has 0 spiro atoms. The van der Waals surface area contributed by atoms with Crippen molar-refractivity contribution >= 4 is 21.8 Å². The first-order valence-corrected chi connectivity index (χ1v) is 13.9. The third-order valence-electron chi connectivity index (χ3n) is 8.03. The fourth-order valence-corrected chi connectivity index (χ4v) is 6.07. The number of hydrogen-bond acceptors (Lipinski definition) is 3. The molecule has 0 amide bonds. The van der Waals surface area contributed by atoms with Crippen LogP contribution in [0.3, 0.4) is 0 Å². The first-order chi connectivity index (χ1) is 19.2. The Hall–Kier alpha value is -4.44. The minimum atomic E-state index is 0.603. The van der Waals surface area contributed by atoms with Crippen molar-refractivity contribution in [2.75, 3.05) is 0 Å². The van der Waals surface area contributed by atoms with Crippen LogP contribution in [0.25, 0.3) is 38.8 Å². The number of fused-ring (bicyclic) bond motifs is 3. The number of benzene rings is 3. The summed E-state index contributed by atoms with van der Waals surface area (Å²) < 4.78 is 8.43.